The van der Waals surface area contributed by atoms with Crippen LogP contribution in [0.4, 0.5) is 4.79 Å². The highest BCUT2D eigenvalue weighted by molar-refractivity contribution is 8.14. The molecule has 0 saturated carbocycles. The SMILES string of the molecule is NC(=O)C1C2=CC(CC3(CC2)OCCO3)SC1=NC(=O)Oc1ccccc1. The van der Waals surface area contributed by atoms with Crippen LogP contribution in [0, 0.1) is 5.92 Å². The van der Waals surface area contributed by atoms with Gasteiger partial charge < -0.3 is 19.9 Å². The number of carbonyl (C=O) groups excluding carboxylic acids is 2. The number of nitrogens with two attached hydrogens (primary N) is 1. The van der Waals surface area contributed by atoms with Gasteiger partial charge >= 0.3 is 6.09 Å². The standard InChI is InChI=1S/C19H20N2O5S/c20-16(22)15-12-6-7-19(24-8-9-25-19)11-14(10-12)27-17(15)21-18(23)26-13-4-2-1-3-5-13/h1-5,10,14-15H,6-9,11H2,(H2,20,22). The Balaban J connectivity index is 1.57. The van der Waals surface area contributed by atoms with Crippen molar-refractivity contribution >= 4 is 28.8 Å². The number of fused-ring (bicyclic) bond motifs is 1. The largest absolute Gasteiger partial charge is 0.439 e. The van der Waals surface area contributed by atoms with Crippen LogP contribution in [0.25, 0.3) is 0 Å². The third kappa shape index (κ3) is 3.92. The van der Waals surface area contributed by atoms with E-state index in [1.54, 1.807) is 24.3 Å². The number of carbonyl (C=O) groups is 2. The molecule has 1 spiro atoms. The lowest BCUT2D eigenvalue weighted by Crippen LogP contribution is -2.35. The molecule has 1 fully saturated rings. The second kappa shape index (κ2) is 7.46. The maximum atomic E-state index is 12.3. The monoisotopic (exact) mass is 388 g/mol. The summed E-state index contributed by atoms with van der Waals surface area (Å²) in [5.74, 6) is -1.47. The zero-order chi connectivity index (χ0) is 18.9. The smallest absolute Gasteiger partial charge is 0.409 e. The third-order valence-corrected chi connectivity index (χ3v) is 6.02. The van der Waals surface area contributed by atoms with Crippen LogP contribution in [0.2, 0.25) is 0 Å². The molecule has 2 heterocycles. The summed E-state index contributed by atoms with van der Waals surface area (Å²) in [4.78, 5) is 28.4. The molecule has 3 aliphatic rings. The third-order valence-electron chi connectivity index (χ3n) is 4.84. The summed E-state index contributed by atoms with van der Waals surface area (Å²) in [5, 5.41) is 0.375. The first-order valence-corrected chi connectivity index (χ1v) is 9.73. The molecular weight excluding hydrogens is 368 g/mol. The van der Waals surface area contributed by atoms with Gasteiger partial charge in [0.1, 0.15) is 11.7 Å². The van der Waals surface area contributed by atoms with Gasteiger partial charge in [-0.05, 0) is 18.6 Å². The average molecular weight is 388 g/mol. The van der Waals surface area contributed by atoms with Crippen LogP contribution in [-0.2, 0) is 14.3 Å². The maximum absolute atomic E-state index is 12.3. The Kier molecular flexibility index (Phi) is 5.03. The van der Waals surface area contributed by atoms with Gasteiger partial charge in [0, 0.05) is 18.1 Å². The zero-order valence-corrected chi connectivity index (χ0v) is 15.4. The van der Waals surface area contributed by atoms with Crippen molar-refractivity contribution in [2.45, 2.75) is 30.3 Å². The Morgan fingerprint density at radius 3 is 2.67 bits per heavy atom. The fraction of sp³-hybridized carbons (Fsp3) is 0.421. The van der Waals surface area contributed by atoms with Crippen molar-refractivity contribution < 1.29 is 23.8 Å². The van der Waals surface area contributed by atoms with E-state index < -0.39 is 23.7 Å². The molecule has 2 atom stereocenters. The second-order valence-corrected chi connectivity index (χ2v) is 7.94. The highest BCUT2D eigenvalue weighted by Crippen LogP contribution is 2.44. The summed E-state index contributed by atoms with van der Waals surface area (Å²) in [6.07, 6.45) is 3.18. The van der Waals surface area contributed by atoms with Crippen LogP contribution >= 0.6 is 11.8 Å². The normalized spacial score (nSPS) is 27.9. The van der Waals surface area contributed by atoms with Crippen LogP contribution in [-0.4, -0.2) is 41.3 Å². The Morgan fingerprint density at radius 2 is 1.96 bits per heavy atom. The van der Waals surface area contributed by atoms with E-state index >= 15 is 0 Å². The van der Waals surface area contributed by atoms with Gasteiger partial charge in [-0.2, -0.15) is 4.99 Å². The predicted molar refractivity (Wildman–Crippen MR) is 101 cm³/mol. The van der Waals surface area contributed by atoms with Gasteiger partial charge in [0.25, 0.3) is 0 Å². The van der Waals surface area contributed by atoms with Crippen LogP contribution in [0.5, 0.6) is 5.75 Å². The van der Waals surface area contributed by atoms with Crippen molar-refractivity contribution in [1.29, 1.82) is 0 Å². The minimum absolute atomic E-state index is 0.000486. The number of hydrogen-bond donors (Lipinski definition) is 1. The van der Waals surface area contributed by atoms with Crippen molar-refractivity contribution in [3.05, 3.63) is 42.0 Å². The molecular formula is C19H20N2O5S. The Bertz CT molecular complexity index is 802. The van der Waals surface area contributed by atoms with Crippen LogP contribution in [0.3, 0.4) is 0 Å². The Labute approximate surface area is 160 Å². The highest BCUT2D eigenvalue weighted by atomic mass is 32.2. The average Bonchev–Trinajstić information content (AvgIpc) is 3.03. The van der Waals surface area contributed by atoms with Crippen molar-refractivity contribution in [1.82, 2.24) is 0 Å². The van der Waals surface area contributed by atoms with Crippen LogP contribution in [0.1, 0.15) is 19.3 Å². The van der Waals surface area contributed by atoms with Crippen molar-refractivity contribution in [3.63, 3.8) is 0 Å². The number of ether oxygens (including phenoxy) is 3. The van der Waals surface area contributed by atoms with E-state index in [1.807, 2.05) is 12.1 Å². The summed E-state index contributed by atoms with van der Waals surface area (Å²) in [6, 6.07) is 8.68. The predicted octanol–water partition coefficient (Wildman–Crippen LogP) is 2.65. The number of benzene rings is 1. The molecule has 1 aromatic carbocycles. The van der Waals surface area contributed by atoms with Crippen molar-refractivity contribution in [3.8, 4) is 5.75 Å². The number of nitrogens with zero attached hydrogens (tertiary/aromatic N) is 1. The number of primary amides is 1. The Hall–Kier alpha value is -2.16. The van der Waals surface area contributed by atoms with E-state index in [-0.39, 0.29) is 5.25 Å². The summed E-state index contributed by atoms with van der Waals surface area (Å²) in [7, 11) is 0. The minimum atomic E-state index is -0.766. The maximum Gasteiger partial charge on any atom is 0.439 e. The van der Waals surface area contributed by atoms with Gasteiger partial charge in [-0.3, -0.25) is 4.79 Å². The molecule has 2 unspecified atom stereocenters. The van der Waals surface area contributed by atoms with E-state index in [4.69, 9.17) is 19.9 Å². The lowest BCUT2D eigenvalue weighted by atomic mass is 9.94. The van der Waals surface area contributed by atoms with E-state index in [0.29, 0.717) is 43.3 Å². The van der Waals surface area contributed by atoms with Crippen LogP contribution < -0.4 is 10.5 Å². The first kappa shape index (κ1) is 18.2. The van der Waals surface area contributed by atoms with Gasteiger partial charge in [-0.25, -0.2) is 4.79 Å². The molecule has 2 bridgehead atoms. The Morgan fingerprint density at radius 1 is 1.22 bits per heavy atom. The van der Waals surface area contributed by atoms with Gasteiger partial charge in [-0.1, -0.05) is 29.8 Å². The van der Waals surface area contributed by atoms with Gasteiger partial charge in [0.05, 0.1) is 18.3 Å². The van der Waals surface area contributed by atoms with Crippen LogP contribution in [0.15, 0.2) is 47.0 Å². The molecule has 2 N–H and O–H groups in total. The van der Waals surface area contributed by atoms with E-state index in [2.05, 4.69) is 4.99 Å². The second-order valence-electron chi connectivity index (χ2n) is 6.68. The summed E-state index contributed by atoms with van der Waals surface area (Å²) < 4.78 is 16.9. The molecule has 8 heteroatoms. The van der Waals surface area contributed by atoms with Crippen molar-refractivity contribution in [2.75, 3.05) is 13.2 Å². The molecule has 1 aromatic rings. The lowest BCUT2D eigenvalue weighted by Gasteiger charge is -2.29. The van der Waals surface area contributed by atoms with E-state index in [0.717, 1.165) is 5.57 Å². The molecule has 7 nitrogen and oxygen atoms in total. The molecule has 4 rings (SSSR count). The summed E-state index contributed by atoms with van der Waals surface area (Å²) in [5.41, 5.74) is 6.50. The molecule has 27 heavy (non-hydrogen) atoms. The molecule has 1 saturated heterocycles. The molecule has 1 aliphatic carbocycles. The summed E-state index contributed by atoms with van der Waals surface area (Å²) in [6.45, 7) is 1.13. The number of rotatable bonds is 2. The van der Waals surface area contributed by atoms with Gasteiger partial charge in [0.15, 0.2) is 5.79 Å². The lowest BCUT2D eigenvalue weighted by molar-refractivity contribution is -0.163. The fourth-order valence-corrected chi connectivity index (χ4v) is 5.10. The molecule has 2 aliphatic heterocycles. The van der Waals surface area contributed by atoms with Gasteiger partial charge in [0.2, 0.25) is 5.91 Å². The molecule has 0 radical (unpaired) electrons. The zero-order valence-electron chi connectivity index (χ0n) is 14.6. The molecule has 142 valence electrons. The minimum Gasteiger partial charge on any atom is -0.409 e. The number of para-hydroxylation sites is 1. The van der Waals surface area contributed by atoms with E-state index in [1.165, 1.54) is 11.8 Å². The number of thioether (sulfide) groups is 1. The molecule has 2 amide bonds. The molecule has 0 aromatic heterocycles. The first-order chi connectivity index (χ1) is 13.0. The highest BCUT2D eigenvalue weighted by Gasteiger charge is 2.45. The fourth-order valence-electron chi connectivity index (χ4n) is 3.68. The first-order valence-electron chi connectivity index (χ1n) is 8.85. The van der Waals surface area contributed by atoms with Gasteiger partial charge in [-0.15, -0.1) is 11.8 Å². The number of amides is 2. The number of hydrogen-bond acceptors (Lipinski definition) is 6. The van der Waals surface area contributed by atoms with E-state index in [9.17, 15) is 9.59 Å². The quantitative estimate of drug-likeness (QED) is 0.782. The topological polar surface area (TPSA) is 100 Å². The van der Waals surface area contributed by atoms with Crippen molar-refractivity contribution in [2.24, 2.45) is 16.6 Å². The summed E-state index contributed by atoms with van der Waals surface area (Å²) >= 11 is 1.35. The number of aliphatic imine (C=N–C) groups is 1.